The van der Waals surface area contributed by atoms with Crippen LogP contribution < -0.4 is 4.74 Å². The monoisotopic (exact) mass is 301 g/mol. The van der Waals surface area contributed by atoms with Crippen molar-refractivity contribution < 1.29 is 37.1 Å². The van der Waals surface area contributed by atoms with Gasteiger partial charge in [0.05, 0.1) is 5.56 Å². The van der Waals surface area contributed by atoms with Gasteiger partial charge in [0.2, 0.25) is 5.76 Å². The molecule has 1 heterocycles. The maximum Gasteiger partial charge on any atom is 0.416 e. The molecule has 0 bridgehead atoms. The third kappa shape index (κ3) is 3.38. The Morgan fingerprint density at radius 3 is 2.52 bits per heavy atom. The highest BCUT2D eigenvalue weighted by molar-refractivity contribution is 5.92. The van der Waals surface area contributed by atoms with E-state index in [0.717, 1.165) is 24.3 Å². The molecule has 110 valence electrons. The molecule has 6 nitrogen and oxygen atoms in total. The summed E-state index contributed by atoms with van der Waals surface area (Å²) in [5.41, 5.74) is -1.45. The van der Waals surface area contributed by atoms with Crippen molar-refractivity contribution in [2.24, 2.45) is 0 Å². The number of carbonyl (C=O) groups excluding carboxylic acids is 1. The highest BCUT2D eigenvalue weighted by Crippen LogP contribution is 2.31. The Labute approximate surface area is 114 Å². The van der Waals surface area contributed by atoms with E-state index in [4.69, 9.17) is 5.11 Å². The molecule has 1 aromatic carbocycles. The average Bonchev–Trinajstić information content (AvgIpc) is 2.88. The second-order valence-corrected chi connectivity index (χ2v) is 3.80. The van der Waals surface area contributed by atoms with Gasteiger partial charge in [-0.3, -0.25) is 0 Å². The smallest absolute Gasteiger partial charge is 0.416 e. The number of ether oxygens (including phenoxy) is 1. The fraction of sp³-hybridized carbons (Fsp3) is 0.0833. The molecule has 1 N–H and O–H groups in total. The van der Waals surface area contributed by atoms with E-state index >= 15 is 0 Å². The largest absolute Gasteiger partial charge is 0.475 e. The maximum atomic E-state index is 12.5. The van der Waals surface area contributed by atoms with Crippen LogP contribution >= 0.6 is 0 Å². The summed E-state index contributed by atoms with van der Waals surface area (Å²) < 4.78 is 46.5. The highest BCUT2D eigenvalue weighted by atomic mass is 19.4. The van der Waals surface area contributed by atoms with Crippen molar-refractivity contribution >= 4 is 11.9 Å². The number of nitrogens with zero attached hydrogens (tertiary/aromatic N) is 1. The van der Waals surface area contributed by atoms with E-state index in [1.807, 2.05) is 0 Å². The molecular formula is C12H6F3NO5. The van der Waals surface area contributed by atoms with Crippen molar-refractivity contribution in [2.75, 3.05) is 0 Å². The zero-order valence-electron chi connectivity index (χ0n) is 10.0. The van der Waals surface area contributed by atoms with Crippen molar-refractivity contribution in [1.29, 1.82) is 0 Å². The van der Waals surface area contributed by atoms with E-state index in [1.165, 1.54) is 0 Å². The van der Waals surface area contributed by atoms with Crippen molar-refractivity contribution in [1.82, 2.24) is 5.16 Å². The lowest BCUT2D eigenvalue weighted by Crippen LogP contribution is -2.10. The lowest BCUT2D eigenvalue weighted by atomic mass is 10.2. The molecule has 0 fully saturated rings. The van der Waals surface area contributed by atoms with Crippen LogP contribution in [0.3, 0.4) is 0 Å². The number of hydrogen-bond donors (Lipinski definition) is 1. The number of benzene rings is 1. The van der Waals surface area contributed by atoms with E-state index in [9.17, 15) is 22.8 Å². The molecule has 0 unspecified atom stereocenters. The zero-order chi connectivity index (χ0) is 15.6. The van der Waals surface area contributed by atoms with Crippen LogP contribution in [-0.2, 0) is 6.18 Å². The average molecular weight is 301 g/mol. The number of aromatic carboxylic acids is 1. The second-order valence-electron chi connectivity index (χ2n) is 3.80. The molecule has 0 saturated carbocycles. The Hall–Kier alpha value is -2.84. The summed E-state index contributed by atoms with van der Waals surface area (Å²) in [6.45, 7) is 0. The van der Waals surface area contributed by atoms with Gasteiger partial charge in [-0.05, 0) is 18.2 Å². The molecule has 0 aliphatic heterocycles. The van der Waals surface area contributed by atoms with Crippen LogP contribution in [0.2, 0.25) is 0 Å². The van der Waals surface area contributed by atoms with Gasteiger partial charge in [0.1, 0.15) is 5.75 Å². The van der Waals surface area contributed by atoms with Gasteiger partial charge in [-0.2, -0.15) is 13.2 Å². The Kier molecular flexibility index (Phi) is 3.66. The second kappa shape index (κ2) is 5.27. The standard InChI is InChI=1S/C12H6F3NO5/c13-12(14,15)6-2-1-3-7(4-6)20-11(19)8-5-9(10(17)18)21-16-8/h1-5H,(H,17,18). The molecule has 0 radical (unpaired) electrons. The number of rotatable bonds is 3. The summed E-state index contributed by atoms with van der Waals surface area (Å²) in [5.74, 6) is -3.52. The van der Waals surface area contributed by atoms with Crippen LogP contribution in [0.1, 0.15) is 26.6 Å². The minimum absolute atomic E-state index is 0.352. The summed E-state index contributed by atoms with van der Waals surface area (Å²) in [7, 11) is 0. The predicted molar refractivity (Wildman–Crippen MR) is 59.9 cm³/mol. The molecule has 0 aliphatic rings. The molecule has 0 spiro atoms. The van der Waals surface area contributed by atoms with E-state index in [2.05, 4.69) is 14.4 Å². The lowest BCUT2D eigenvalue weighted by Gasteiger charge is -2.08. The molecule has 2 aromatic rings. The van der Waals surface area contributed by atoms with Crippen molar-refractivity contribution in [3.63, 3.8) is 0 Å². The predicted octanol–water partition coefficient (Wildman–Crippen LogP) is 2.61. The quantitative estimate of drug-likeness (QED) is 0.692. The Morgan fingerprint density at radius 1 is 1.24 bits per heavy atom. The van der Waals surface area contributed by atoms with E-state index < -0.39 is 35.1 Å². The minimum Gasteiger partial charge on any atom is -0.475 e. The highest BCUT2D eigenvalue weighted by Gasteiger charge is 2.31. The fourth-order valence-corrected chi connectivity index (χ4v) is 1.37. The van der Waals surface area contributed by atoms with Gasteiger partial charge >= 0.3 is 18.1 Å². The van der Waals surface area contributed by atoms with Crippen LogP contribution in [0.5, 0.6) is 5.75 Å². The first-order chi connectivity index (χ1) is 9.77. The third-order valence-electron chi connectivity index (χ3n) is 2.30. The van der Waals surface area contributed by atoms with Gasteiger partial charge in [-0.1, -0.05) is 11.2 Å². The van der Waals surface area contributed by atoms with Gasteiger partial charge in [-0.25, -0.2) is 9.59 Å². The molecule has 1 aromatic heterocycles. The molecule has 21 heavy (non-hydrogen) atoms. The maximum absolute atomic E-state index is 12.5. The number of aromatic nitrogens is 1. The van der Waals surface area contributed by atoms with Crippen molar-refractivity contribution in [3.05, 3.63) is 47.3 Å². The first-order valence-corrected chi connectivity index (χ1v) is 5.37. The summed E-state index contributed by atoms with van der Waals surface area (Å²) in [6.07, 6.45) is -4.58. The number of alkyl halides is 3. The Morgan fingerprint density at radius 2 is 1.95 bits per heavy atom. The number of carboxylic acids is 1. The Bertz CT molecular complexity index is 692. The van der Waals surface area contributed by atoms with Gasteiger partial charge in [0.25, 0.3) is 0 Å². The van der Waals surface area contributed by atoms with Crippen LogP contribution in [-0.4, -0.2) is 22.2 Å². The number of hydrogen-bond acceptors (Lipinski definition) is 5. The SMILES string of the molecule is O=C(Oc1cccc(C(F)(F)F)c1)c1cc(C(=O)O)on1. The van der Waals surface area contributed by atoms with Gasteiger partial charge < -0.3 is 14.4 Å². The topological polar surface area (TPSA) is 89.6 Å². The zero-order valence-corrected chi connectivity index (χ0v) is 10.0. The molecular weight excluding hydrogens is 295 g/mol. The van der Waals surface area contributed by atoms with Crippen LogP contribution in [0.15, 0.2) is 34.9 Å². The summed E-state index contributed by atoms with van der Waals surface area (Å²) >= 11 is 0. The molecule has 0 amide bonds. The van der Waals surface area contributed by atoms with Crippen LogP contribution in [0.25, 0.3) is 0 Å². The van der Waals surface area contributed by atoms with Crippen LogP contribution in [0, 0.1) is 0 Å². The van der Waals surface area contributed by atoms with Gasteiger partial charge in [-0.15, -0.1) is 0 Å². The van der Waals surface area contributed by atoms with E-state index in [-0.39, 0.29) is 5.75 Å². The molecule has 9 heteroatoms. The number of halogens is 3. The Balaban J connectivity index is 2.17. The van der Waals surface area contributed by atoms with Crippen molar-refractivity contribution in [3.8, 4) is 5.75 Å². The van der Waals surface area contributed by atoms with Gasteiger partial charge in [0.15, 0.2) is 5.69 Å². The summed E-state index contributed by atoms with van der Waals surface area (Å²) in [6, 6.07) is 4.46. The third-order valence-corrected chi connectivity index (χ3v) is 2.30. The number of carboxylic acid groups (broad SMARTS) is 1. The van der Waals surface area contributed by atoms with E-state index in [0.29, 0.717) is 6.07 Å². The van der Waals surface area contributed by atoms with Crippen LogP contribution in [0.4, 0.5) is 13.2 Å². The molecule has 2 rings (SSSR count). The summed E-state index contributed by atoms with van der Waals surface area (Å²) in [5, 5.41) is 11.7. The molecule has 0 saturated heterocycles. The number of carbonyl (C=O) groups is 2. The lowest BCUT2D eigenvalue weighted by molar-refractivity contribution is -0.137. The first kappa shape index (κ1) is 14.6. The van der Waals surface area contributed by atoms with Gasteiger partial charge in [0, 0.05) is 6.07 Å². The number of esters is 1. The fourth-order valence-electron chi connectivity index (χ4n) is 1.37. The molecule has 0 atom stereocenters. The first-order valence-electron chi connectivity index (χ1n) is 5.37. The van der Waals surface area contributed by atoms with Crippen molar-refractivity contribution in [2.45, 2.75) is 6.18 Å². The summed E-state index contributed by atoms with van der Waals surface area (Å²) in [4.78, 5) is 22.1. The normalized spacial score (nSPS) is 11.2. The minimum atomic E-state index is -4.58. The molecule has 0 aliphatic carbocycles. The van der Waals surface area contributed by atoms with E-state index in [1.54, 1.807) is 0 Å².